The summed E-state index contributed by atoms with van der Waals surface area (Å²) in [5.74, 6) is 0. The van der Waals surface area contributed by atoms with Crippen molar-refractivity contribution in [2.24, 2.45) is 0 Å². The molecule has 3 rings (SSSR count). The van der Waals surface area contributed by atoms with E-state index in [1.165, 1.54) is 5.56 Å². The van der Waals surface area contributed by atoms with Crippen LogP contribution >= 0.6 is 23.2 Å². The van der Waals surface area contributed by atoms with Gasteiger partial charge in [0.25, 0.3) is 0 Å². The first-order valence-corrected chi connectivity index (χ1v) is 7.00. The van der Waals surface area contributed by atoms with Gasteiger partial charge >= 0.3 is 0 Å². The van der Waals surface area contributed by atoms with E-state index in [0.29, 0.717) is 5.02 Å². The third-order valence-electron chi connectivity index (χ3n) is 3.10. The predicted molar refractivity (Wildman–Crippen MR) is 85.5 cm³/mol. The Labute approximate surface area is 127 Å². The fourth-order valence-electron chi connectivity index (χ4n) is 2.07. The van der Waals surface area contributed by atoms with Crippen molar-refractivity contribution < 1.29 is 0 Å². The zero-order valence-corrected chi connectivity index (χ0v) is 12.1. The van der Waals surface area contributed by atoms with Crippen LogP contribution in [0, 0.1) is 0 Å². The number of nitrogens with zero attached hydrogens (tertiary/aromatic N) is 1. The molecule has 1 N–H and O–H groups in total. The van der Waals surface area contributed by atoms with Crippen LogP contribution in [0.2, 0.25) is 10.0 Å². The minimum Gasteiger partial charge on any atom is -0.380 e. The van der Waals surface area contributed by atoms with E-state index in [0.717, 1.165) is 28.2 Å². The van der Waals surface area contributed by atoms with Crippen LogP contribution in [0.1, 0.15) is 5.56 Å². The number of fused-ring (bicyclic) bond motifs is 1. The number of aromatic nitrogens is 1. The van der Waals surface area contributed by atoms with Gasteiger partial charge in [0.1, 0.15) is 0 Å². The number of pyridine rings is 1. The van der Waals surface area contributed by atoms with E-state index in [9.17, 15) is 0 Å². The van der Waals surface area contributed by atoms with E-state index in [-0.39, 0.29) is 0 Å². The molecule has 0 aliphatic heterocycles. The summed E-state index contributed by atoms with van der Waals surface area (Å²) < 4.78 is 0. The summed E-state index contributed by atoms with van der Waals surface area (Å²) in [4.78, 5) is 4.33. The smallest absolute Gasteiger partial charge is 0.0737 e. The lowest BCUT2D eigenvalue weighted by Gasteiger charge is -2.09. The molecule has 0 radical (unpaired) electrons. The van der Waals surface area contributed by atoms with Crippen LogP contribution in [0.25, 0.3) is 10.9 Å². The second-order valence-corrected chi connectivity index (χ2v) is 5.37. The number of hydrogen-bond acceptors (Lipinski definition) is 2. The maximum atomic E-state index is 5.99. The molecule has 20 heavy (non-hydrogen) atoms. The van der Waals surface area contributed by atoms with Crippen molar-refractivity contribution in [1.29, 1.82) is 0 Å². The number of halogens is 2. The molecule has 0 spiro atoms. The first-order chi connectivity index (χ1) is 9.72. The lowest BCUT2D eigenvalue weighted by molar-refractivity contribution is 1.15. The van der Waals surface area contributed by atoms with Gasteiger partial charge in [-0.2, -0.15) is 0 Å². The normalized spacial score (nSPS) is 10.7. The quantitative estimate of drug-likeness (QED) is 0.723. The molecule has 0 aliphatic rings. The molecule has 0 aliphatic carbocycles. The number of rotatable bonds is 3. The zero-order valence-electron chi connectivity index (χ0n) is 10.6. The van der Waals surface area contributed by atoms with Crippen molar-refractivity contribution in [1.82, 2.24) is 4.98 Å². The van der Waals surface area contributed by atoms with Gasteiger partial charge in [0.2, 0.25) is 0 Å². The fourth-order valence-corrected chi connectivity index (χ4v) is 2.37. The molecule has 2 nitrogen and oxygen atoms in total. The van der Waals surface area contributed by atoms with E-state index in [4.69, 9.17) is 23.2 Å². The van der Waals surface area contributed by atoms with Gasteiger partial charge in [0.05, 0.1) is 5.52 Å². The first kappa shape index (κ1) is 13.2. The standard InChI is InChI=1S/C16H12Cl2N2/c17-12-3-1-11(2-4-12)10-20-15-7-8-19-16-9-13(18)5-6-14(15)16/h1-9H,10H2,(H,19,20). The van der Waals surface area contributed by atoms with Gasteiger partial charge in [-0.1, -0.05) is 35.3 Å². The molecule has 0 fully saturated rings. The van der Waals surface area contributed by atoms with Crippen LogP contribution < -0.4 is 5.32 Å². The largest absolute Gasteiger partial charge is 0.380 e. The Hall–Kier alpha value is -1.77. The van der Waals surface area contributed by atoms with Gasteiger partial charge in [-0.05, 0) is 42.0 Å². The predicted octanol–water partition coefficient (Wildman–Crippen LogP) is 5.15. The summed E-state index contributed by atoms with van der Waals surface area (Å²) in [5.41, 5.74) is 3.11. The highest BCUT2D eigenvalue weighted by Gasteiger charge is 2.02. The molecule has 1 aromatic heterocycles. The average molecular weight is 303 g/mol. The molecule has 0 saturated heterocycles. The molecule has 1 heterocycles. The summed E-state index contributed by atoms with van der Waals surface area (Å²) in [6, 6.07) is 15.5. The summed E-state index contributed by atoms with van der Waals surface area (Å²) in [7, 11) is 0. The van der Waals surface area contributed by atoms with Crippen LogP contribution in [0.15, 0.2) is 54.7 Å². The molecular weight excluding hydrogens is 291 g/mol. The van der Waals surface area contributed by atoms with Crippen molar-refractivity contribution in [2.75, 3.05) is 5.32 Å². The molecule has 0 atom stereocenters. The zero-order chi connectivity index (χ0) is 13.9. The van der Waals surface area contributed by atoms with Crippen molar-refractivity contribution >= 4 is 39.8 Å². The first-order valence-electron chi connectivity index (χ1n) is 6.25. The minimum atomic E-state index is 0.694. The van der Waals surface area contributed by atoms with Gasteiger partial charge in [-0.15, -0.1) is 0 Å². The van der Waals surface area contributed by atoms with Gasteiger partial charge in [-0.3, -0.25) is 4.98 Å². The van der Waals surface area contributed by atoms with Crippen molar-refractivity contribution in [3.63, 3.8) is 0 Å². The van der Waals surface area contributed by atoms with E-state index in [2.05, 4.69) is 10.3 Å². The summed E-state index contributed by atoms with van der Waals surface area (Å²) in [6.07, 6.45) is 1.78. The summed E-state index contributed by atoms with van der Waals surface area (Å²) in [6.45, 7) is 0.735. The van der Waals surface area contributed by atoms with Crippen LogP contribution in [0.4, 0.5) is 5.69 Å². The number of nitrogens with one attached hydrogen (secondary N) is 1. The van der Waals surface area contributed by atoms with Crippen LogP contribution in [-0.4, -0.2) is 4.98 Å². The van der Waals surface area contributed by atoms with E-state index in [1.54, 1.807) is 6.20 Å². The Morgan fingerprint density at radius 2 is 1.65 bits per heavy atom. The van der Waals surface area contributed by atoms with Crippen molar-refractivity contribution in [3.05, 3.63) is 70.3 Å². The molecule has 100 valence electrons. The highest BCUT2D eigenvalue weighted by atomic mass is 35.5. The van der Waals surface area contributed by atoms with Crippen LogP contribution in [0.3, 0.4) is 0 Å². The molecule has 0 unspecified atom stereocenters. The van der Waals surface area contributed by atoms with Gasteiger partial charge in [0.15, 0.2) is 0 Å². The second-order valence-electron chi connectivity index (χ2n) is 4.50. The molecule has 0 amide bonds. The Bertz CT molecular complexity index is 739. The van der Waals surface area contributed by atoms with Crippen molar-refractivity contribution in [2.45, 2.75) is 6.54 Å². The highest BCUT2D eigenvalue weighted by molar-refractivity contribution is 6.31. The third-order valence-corrected chi connectivity index (χ3v) is 3.59. The average Bonchev–Trinajstić information content (AvgIpc) is 2.46. The van der Waals surface area contributed by atoms with Crippen LogP contribution in [0.5, 0.6) is 0 Å². The molecule has 3 aromatic rings. The summed E-state index contributed by atoms with van der Waals surface area (Å²) in [5, 5.41) is 5.92. The molecule has 0 saturated carbocycles. The lowest BCUT2D eigenvalue weighted by atomic mass is 10.1. The highest BCUT2D eigenvalue weighted by Crippen LogP contribution is 2.24. The molecular formula is C16H12Cl2N2. The van der Waals surface area contributed by atoms with Gasteiger partial charge in [0, 0.05) is 33.9 Å². The number of anilines is 1. The van der Waals surface area contributed by atoms with Crippen molar-refractivity contribution in [3.8, 4) is 0 Å². The Kier molecular flexibility index (Phi) is 3.77. The lowest BCUT2D eigenvalue weighted by Crippen LogP contribution is -2.00. The molecule has 0 bridgehead atoms. The Balaban J connectivity index is 1.85. The number of hydrogen-bond donors (Lipinski definition) is 1. The Morgan fingerprint density at radius 3 is 2.45 bits per heavy atom. The fraction of sp³-hybridized carbons (Fsp3) is 0.0625. The van der Waals surface area contributed by atoms with E-state index in [1.807, 2.05) is 48.5 Å². The molecule has 4 heteroatoms. The maximum Gasteiger partial charge on any atom is 0.0737 e. The number of benzene rings is 2. The van der Waals surface area contributed by atoms with E-state index >= 15 is 0 Å². The van der Waals surface area contributed by atoms with Crippen LogP contribution in [-0.2, 0) is 6.54 Å². The third kappa shape index (κ3) is 2.87. The summed E-state index contributed by atoms with van der Waals surface area (Å²) >= 11 is 11.9. The SMILES string of the molecule is Clc1ccc(CNc2ccnc3cc(Cl)ccc23)cc1. The van der Waals surface area contributed by atoms with Gasteiger partial charge < -0.3 is 5.32 Å². The topological polar surface area (TPSA) is 24.9 Å². The van der Waals surface area contributed by atoms with E-state index < -0.39 is 0 Å². The Morgan fingerprint density at radius 1 is 0.900 bits per heavy atom. The monoisotopic (exact) mass is 302 g/mol. The maximum absolute atomic E-state index is 5.99. The molecule has 2 aromatic carbocycles. The second kappa shape index (κ2) is 5.70. The minimum absolute atomic E-state index is 0.694. The van der Waals surface area contributed by atoms with Gasteiger partial charge in [-0.25, -0.2) is 0 Å².